The summed E-state index contributed by atoms with van der Waals surface area (Å²) in [6.07, 6.45) is 4.54. The molecule has 2 aliphatic heterocycles. The lowest BCUT2D eigenvalue weighted by Gasteiger charge is -2.31. The van der Waals surface area contributed by atoms with Crippen molar-refractivity contribution in [1.82, 2.24) is 38.8 Å². The monoisotopic (exact) mass is 1260 g/mol. The van der Waals surface area contributed by atoms with E-state index < -0.39 is 72.0 Å². The van der Waals surface area contributed by atoms with E-state index in [1.54, 1.807) is 108 Å². The number of carbonyl (C=O) groups excluding carboxylic acids is 9. The van der Waals surface area contributed by atoms with Gasteiger partial charge in [0.15, 0.2) is 23.5 Å². The maximum absolute atomic E-state index is 14.2. The van der Waals surface area contributed by atoms with Crippen LogP contribution >= 0.6 is 0 Å². The van der Waals surface area contributed by atoms with E-state index in [1.165, 1.54) is 63.1 Å². The molecule has 482 valence electrons. The molecule has 1 saturated heterocycles. The Bertz CT molecular complexity index is 4050. The highest BCUT2D eigenvalue weighted by Crippen LogP contribution is 2.42. The third-order valence-corrected chi connectivity index (χ3v) is 15.3. The van der Waals surface area contributed by atoms with Gasteiger partial charge in [0.05, 0.1) is 55.0 Å². The smallest absolute Gasteiger partial charge is 0.416 e. The van der Waals surface area contributed by atoms with Gasteiger partial charge in [-0.3, -0.25) is 38.1 Å². The average Bonchev–Trinajstić information content (AvgIpc) is 1.58. The highest BCUT2D eigenvalue weighted by Gasteiger charge is 2.46. The quantitative estimate of drug-likeness (QED) is 0.0259. The van der Waals surface area contributed by atoms with Crippen molar-refractivity contribution in [3.63, 3.8) is 0 Å². The molecule has 28 heteroatoms. The number of benzene rings is 3. The molecule has 8 amide bonds. The lowest BCUT2D eigenvalue weighted by atomic mass is 10.0. The van der Waals surface area contributed by atoms with E-state index in [-0.39, 0.29) is 103 Å². The molecule has 3 aromatic carbocycles. The van der Waals surface area contributed by atoms with Crippen LogP contribution in [0.5, 0.6) is 17.2 Å². The number of nitrogens with one attached hydrogen (secondary N) is 6. The molecule has 9 rings (SSSR count). The standard InChI is InChI=1S/C64H71N13O15/c1-11-22-91-63(86)71-54(35(2)3)58(81)65-37(5)56(79)66-40-16-14-38(15-17-40)34-92-64(87)77-46-29-51(50(89-10)28-44(46)60(83)76-30-36(4)24-49(76)62(77)85)90-23-12-13-53(78)69-52-33-74(8)55(70-52)59(82)68-41-26-47(72(6)31-41)57(80)67-42-27-48(73(7)32-42)61(84)75-21-20-39-25-43(88-9)18-19-45(39)75/h11,14-21,25-29,31-33,35,37,49,54,62,85H,1,4,12-13,22-24,30,34H2,2-3,5-10H3,(H,65,81)(H,66,79)(H,67,80)(H,68,82)(H,69,78)(H,71,86)/t37-,49-,54-,62?/m0/s1. The van der Waals surface area contributed by atoms with Crippen LogP contribution in [0.4, 0.5) is 38.2 Å². The minimum Gasteiger partial charge on any atom is -0.497 e. The third-order valence-electron chi connectivity index (χ3n) is 15.3. The first-order chi connectivity index (χ1) is 43.9. The summed E-state index contributed by atoms with van der Waals surface area (Å²) in [5.41, 5.74) is 3.35. The zero-order valence-corrected chi connectivity index (χ0v) is 51.9. The van der Waals surface area contributed by atoms with E-state index in [0.717, 1.165) is 10.3 Å². The fourth-order valence-corrected chi connectivity index (χ4v) is 10.5. The van der Waals surface area contributed by atoms with E-state index in [1.807, 2.05) is 12.1 Å². The van der Waals surface area contributed by atoms with Crippen LogP contribution in [-0.4, -0.2) is 145 Å². The van der Waals surface area contributed by atoms with E-state index >= 15 is 0 Å². The van der Waals surface area contributed by atoms with Gasteiger partial charge in [-0.25, -0.2) is 19.5 Å². The zero-order chi connectivity index (χ0) is 66.2. The first-order valence-electron chi connectivity index (χ1n) is 29.1. The molecule has 28 nitrogen and oxygen atoms in total. The van der Waals surface area contributed by atoms with Crippen LogP contribution in [0.3, 0.4) is 0 Å². The number of carbonyl (C=O) groups is 9. The highest BCUT2D eigenvalue weighted by atomic mass is 16.6. The van der Waals surface area contributed by atoms with Gasteiger partial charge in [0, 0.05) is 76.0 Å². The van der Waals surface area contributed by atoms with Gasteiger partial charge in [-0.1, -0.05) is 50.8 Å². The number of alkyl carbamates (subject to hydrolysis) is 1. The molecule has 7 aromatic rings. The molecule has 2 aliphatic rings. The minimum atomic E-state index is -1.60. The number of aromatic nitrogens is 5. The van der Waals surface area contributed by atoms with Crippen molar-refractivity contribution in [1.29, 1.82) is 0 Å². The van der Waals surface area contributed by atoms with Gasteiger partial charge in [-0.05, 0) is 85.8 Å². The lowest BCUT2D eigenvalue weighted by molar-refractivity contribution is -0.128. The molecule has 1 fully saturated rings. The molecule has 0 radical (unpaired) electrons. The summed E-state index contributed by atoms with van der Waals surface area (Å²) < 4.78 is 33.8. The number of amides is 8. The molecule has 0 aliphatic carbocycles. The number of ether oxygens (including phenoxy) is 5. The lowest BCUT2D eigenvalue weighted by Crippen LogP contribution is -2.53. The molecule has 0 spiro atoms. The maximum Gasteiger partial charge on any atom is 0.416 e. The fourth-order valence-electron chi connectivity index (χ4n) is 10.5. The summed E-state index contributed by atoms with van der Waals surface area (Å²) >= 11 is 0. The number of nitrogens with zero attached hydrogens (tertiary/aromatic N) is 7. The number of aryl methyl sites for hydroxylation is 3. The van der Waals surface area contributed by atoms with Crippen molar-refractivity contribution in [2.45, 2.75) is 71.0 Å². The molecule has 92 heavy (non-hydrogen) atoms. The van der Waals surface area contributed by atoms with Gasteiger partial charge < -0.3 is 79.3 Å². The Morgan fingerprint density at radius 3 is 2.16 bits per heavy atom. The van der Waals surface area contributed by atoms with Gasteiger partial charge in [0.2, 0.25) is 23.5 Å². The predicted molar refractivity (Wildman–Crippen MR) is 338 cm³/mol. The van der Waals surface area contributed by atoms with Crippen LogP contribution in [0.15, 0.2) is 122 Å². The number of aliphatic hydroxyl groups is 1. The average molecular weight is 1260 g/mol. The van der Waals surface area contributed by atoms with Crippen LogP contribution in [0, 0.1) is 5.92 Å². The number of anilines is 5. The first kappa shape index (κ1) is 65.3. The fraction of sp³-hybridized carbons (Fsp3) is 0.312. The summed E-state index contributed by atoms with van der Waals surface area (Å²) in [5.74, 6) is -2.99. The first-order valence-corrected chi connectivity index (χ1v) is 29.1. The summed E-state index contributed by atoms with van der Waals surface area (Å²) in [5, 5.41) is 28.8. The number of fused-ring (bicyclic) bond motifs is 3. The zero-order valence-electron chi connectivity index (χ0n) is 51.9. The minimum absolute atomic E-state index is 0.00773. The molecule has 4 aromatic heterocycles. The van der Waals surface area contributed by atoms with Crippen LogP contribution < -0.4 is 51.0 Å². The molecule has 1 unspecified atom stereocenters. The number of hydrogen-bond donors (Lipinski definition) is 7. The van der Waals surface area contributed by atoms with Crippen LogP contribution in [-0.2, 0) is 51.6 Å². The summed E-state index contributed by atoms with van der Waals surface area (Å²) in [7, 11) is 7.84. The summed E-state index contributed by atoms with van der Waals surface area (Å²) in [4.78, 5) is 127. The Morgan fingerprint density at radius 1 is 0.761 bits per heavy atom. The molecule has 0 bridgehead atoms. The van der Waals surface area contributed by atoms with Gasteiger partial charge in [0.25, 0.3) is 23.6 Å². The molecular formula is C64H71N13O15. The molecular weight excluding hydrogens is 1190 g/mol. The number of rotatable bonds is 23. The maximum atomic E-state index is 14.2. The van der Waals surface area contributed by atoms with Crippen molar-refractivity contribution < 1.29 is 71.9 Å². The number of hydrogen-bond acceptors (Lipinski definition) is 16. The normalized spacial score (nSPS) is 14.9. The van der Waals surface area contributed by atoms with Crippen LogP contribution in [0.2, 0.25) is 0 Å². The molecule has 6 heterocycles. The number of imidazole rings is 1. The Kier molecular flexibility index (Phi) is 20.0. The van der Waals surface area contributed by atoms with Crippen molar-refractivity contribution in [3.8, 4) is 17.2 Å². The second kappa shape index (κ2) is 28.1. The third kappa shape index (κ3) is 14.6. The van der Waals surface area contributed by atoms with Gasteiger partial charge >= 0.3 is 12.2 Å². The predicted octanol–water partition coefficient (Wildman–Crippen LogP) is 6.69. The van der Waals surface area contributed by atoms with E-state index in [9.17, 15) is 48.3 Å². The Balaban J connectivity index is 0.779. The van der Waals surface area contributed by atoms with Crippen molar-refractivity contribution >= 4 is 93.0 Å². The topological polar surface area (TPSA) is 331 Å². The number of aliphatic hydroxyl groups excluding tert-OH is 1. The largest absolute Gasteiger partial charge is 0.497 e. The van der Waals surface area contributed by atoms with Crippen molar-refractivity contribution in [2.75, 3.05) is 60.1 Å². The summed E-state index contributed by atoms with van der Waals surface area (Å²) in [6, 6.07) is 16.5. The van der Waals surface area contributed by atoms with Crippen molar-refractivity contribution in [2.24, 2.45) is 27.1 Å². The van der Waals surface area contributed by atoms with Gasteiger partial charge in [-0.15, -0.1) is 0 Å². The van der Waals surface area contributed by atoms with Crippen molar-refractivity contribution in [3.05, 3.63) is 151 Å². The molecule has 7 N–H and O–H groups in total. The number of methoxy groups -OCH3 is 2. The SMILES string of the molecule is C=CCOC(=O)N[C@H](C(=O)N[C@@H](C)C(=O)Nc1ccc(COC(=O)N2c3cc(OCCCC(=O)Nc4cn(C)c(C(=O)Nc5cc(C(=O)Nc6cc(C(=O)n7ccc8cc(OC)ccc87)n(C)c6)n(C)c5)n4)c(OC)cc3C(=O)N3CC(=C)C[C@H]3C2O)cc1)C(C)C. The second-order valence-corrected chi connectivity index (χ2v) is 22.3. The van der Waals surface area contributed by atoms with E-state index in [0.29, 0.717) is 39.5 Å². The van der Waals surface area contributed by atoms with Crippen LogP contribution in [0.1, 0.15) is 87.6 Å². The Hall–Kier alpha value is -11.2. The van der Waals surface area contributed by atoms with E-state index in [2.05, 4.69) is 50.0 Å². The Labute approximate surface area is 528 Å². The highest BCUT2D eigenvalue weighted by molar-refractivity contribution is 6.09. The summed E-state index contributed by atoms with van der Waals surface area (Å²) in [6.45, 7) is 12.2. The van der Waals surface area contributed by atoms with Gasteiger partial charge in [-0.2, -0.15) is 0 Å². The molecule has 4 atom stereocenters. The van der Waals surface area contributed by atoms with Gasteiger partial charge in [0.1, 0.15) is 42.4 Å². The molecule has 0 saturated carbocycles. The Morgan fingerprint density at radius 2 is 1.47 bits per heavy atom. The van der Waals surface area contributed by atoms with Crippen LogP contribution in [0.25, 0.3) is 10.9 Å². The van der Waals surface area contributed by atoms with E-state index in [4.69, 9.17) is 23.7 Å². The second-order valence-electron chi connectivity index (χ2n) is 22.3.